The van der Waals surface area contributed by atoms with Gasteiger partial charge >= 0.3 is 0 Å². The number of nitrogens with one attached hydrogen (secondary N) is 1. The third-order valence-electron chi connectivity index (χ3n) is 4.55. The van der Waals surface area contributed by atoms with E-state index in [2.05, 4.69) is 10.4 Å². The number of rotatable bonds is 6. The van der Waals surface area contributed by atoms with Crippen LogP contribution in [0.25, 0.3) is 10.9 Å². The quantitative estimate of drug-likeness (QED) is 0.863. The molecule has 0 aliphatic carbocycles. The van der Waals surface area contributed by atoms with Gasteiger partial charge < -0.3 is 15.0 Å². The Morgan fingerprint density at radius 1 is 1.24 bits per heavy atom. The highest BCUT2D eigenvalue weighted by molar-refractivity contribution is 5.85. The monoisotopic (exact) mass is 344 g/mol. The third-order valence-corrected chi connectivity index (χ3v) is 4.55. The van der Waals surface area contributed by atoms with E-state index in [1.54, 1.807) is 18.0 Å². The summed E-state index contributed by atoms with van der Waals surface area (Å²) in [5, 5.41) is 8.01. The molecular formula is C18H24N4O3. The number of hydrogen-bond acceptors (Lipinski definition) is 4. The topological polar surface area (TPSA) is 76.5 Å². The van der Waals surface area contributed by atoms with Gasteiger partial charge in [-0.15, -0.1) is 0 Å². The van der Waals surface area contributed by atoms with Crippen molar-refractivity contribution in [1.82, 2.24) is 20.0 Å². The minimum atomic E-state index is -0.137. The van der Waals surface area contributed by atoms with Crippen LogP contribution in [-0.4, -0.2) is 53.2 Å². The molecule has 7 heteroatoms. The highest BCUT2D eigenvalue weighted by atomic mass is 16.5. The van der Waals surface area contributed by atoms with E-state index in [4.69, 9.17) is 4.74 Å². The summed E-state index contributed by atoms with van der Waals surface area (Å²) in [6.07, 6.45) is 5.33. The van der Waals surface area contributed by atoms with E-state index < -0.39 is 0 Å². The number of carbonyl (C=O) groups is 2. The number of carbonyl (C=O) groups excluding carboxylic acids is 2. The maximum absolute atomic E-state index is 12.1. The fourth-order valence-electron chi connectivity index (χ4n) is 3.10. The van der Waals surface area contributed by atoms with Gasteiger partial charge in [0.2, 0.25) is 11.8 Å². The molecular weight excluding hydrogens is 320 g/mol. The Balaban J connectivity index is 1.48. The molecule has 25 heavy (non-hydrogen) atoms. The maximum Gasteiger partial charge on any atom is 0.241 e. The first-order valence-electron chi connectivity index (χ1n) is 8.71. The Kier molecular flexibility index (Phi) is 5.53. The summed E-state index contributed by atoms with van der Waals surface area (Å²) in [5.74, 6) is 0.647. The molecule has 134 valence electrons. The van der Waals surface area contributed by atoms with E-state index in [-0.39, 0.29) is 24.8 Å². The van der Waals surface area contributed by atoms with E-state index >= 15 is 0 Å². The van der Waals surface area contributed by atoms with Crippen molar-refractivity contribution in [3.05, 3.63) is 24.4 Å². The fourth-order valence-corrected chi connectivity index (χ4v) is 3.10. The molecule has 0 atom stereocenters. The zero-order valence-electron chi connectivity index (χ0n) is 14.5. The van der Waals surface area contributed by atoms with E-state index in [1.807, 2.05) is 23.1 Å². The number of aryl methyl sites for hydroxylation is 1. The van der Waals surface area contributed by atoms with Crippen LogP contribution >= 0.6 is 0 Å². The van der Waals surface area contributed by atoms with Gasteiger partial charge in [-0.05, 0) is 37.5 Å². The number of amides is 2. The van der Waals surface area contributed by atoms with Crippen molar-refractivity contribution in [1.29, 1.82) is 0 Å². The van der Waals surface area contributed by atoms with Gasteiger partial charge in [0.15, 0.2) is 0 Å². The first-order chi connectivity index (χ1) is 12.2. The number of aromatic nitrogens is 2. The molecule has 0 radical (unpaired) electrons. The molecule has 0 spiro atoms. The van der Waals surface area contributed by atoms with Crippen LogP contribution in [0, 0.1) is 0 Å². The highest BCUT2D eigenvalue weighted by Gasteiger charge is 2.16. The summed E-state index contributed by atoms with van der Waals surface area (Å²) in [6, 6.07) is 5.72. The van der Waals surface area contributed by atoms with Crippen LogP contribution in [0.3, 0.4) is 0 Å². The Hall–Kier alpha value is -2.57. The Labute approximate surface area is 146 Å². The van der Waals surface area contributed by atoms with E-state index in [0.29, 0.717) is 6.54 Å². The predicted octanol–water partition coefficient (Wildman–Crippen LogP) is 1.56. The van der Waals surface area contributed by atoms with Gasteiger partial charge in [0, 0.05) is 24.9 Å². The van der Waals surface area contributed by atoms with Crippen molar-refractivity contribution in [3.8, 4) is 5.75 Å². The van der Waals surface area contributed by atoms with Gasteiger partial charge in [0.25, 0.3) is 0 Å². The molecule has 0 bridgehead atoms. The van der Waals surface area contributed by atoms with E-state index in [9.17, 15) is 9.59 Å². The Morgan fingerprint density at radius 3 is 2.80 bits per heavy atom. The minimum absolute atomic E-state index is 0.00434. The maximum atomic E-state index is 12.1. The Morgan fingerprint density at radius 2 is 2.04 bits per heavy atom. The van der Waals surface area contributed by atoms with Crippen LogP contribution in [0.15, 0.2) is 24.4 Å². The molecule has 1 aliphatic heterocycles. The van der Waals surface area contributed by atoms with Crippen molar-refractivity contribution in [2.45, 2.75) is 32.2 Å². The molecule has 1 saturated heterocycles. The van der Waals surface area contributed by atoms with Crippen LogP contribution in [0.5, 0.6) is 5.75 Å². The molecule has 2 amide bonds. The first-order valence-corrected chi connectivity index (χ1v) is 8.71. The third kappa shape index (κ3) is 4.29. The molecule has 1 N–H and O–H groups in total. The van der Waals surface area contributed by atoms with Crippen LogP contribution < -0.4 is 10.1 Å². The molecule has 3 rings (SSSR count). The number of piperidine rings is 1. The van der Waals surface area contributed by atoms with Crippen molar-refractivity contribution >= 4 is 22.7 Å². The predicted molar refractivity (Wildman–Crippen MR) is 94.3 cm³/mol. The van der Waals surface area contributed by atoms with Gasteiger partial charge in [-0.3, -0.25) is 14.3 Å². The molecule has 1 aromatic carbocycles. The summed E-state index contributed by atoms with van der Waals surface area (Å²) < 4.78 is 6.99. The molecule has 7 nitrogen and oxygen atoms in total. The van der Waals surface area contributed by atoms with Crippen molar-refractivity contribution in [3.63, 3.8) is 0 Å². The highest BCUT2D eigenvalue weighted by Crippen LogP contribution is 2.20. The zero-order valence-corrected chi connectivity index (χ0v) is 14.5. The molecule has 1 aromatic heterocycles. The molecule has 0 saturated carbocycles. The zero-order chi connectivity index (χ0) is 17.6. The van der Waals surface area contributed by atoms with Crippen LogP contribution in [0.2, 0.25) is 0 Å². The number of hydrogen-bond donors (Lipinski definition) is 1. The molecule has 1 aliphatic rings. The smallest absolute Gasteiger partial charge is 0.241 e. The number of benzene rings is 1. The van der Waals surface area contributed by atoms with Crippen LogP contribution in [0.4, 0.5) is 0 Å². The standard InChI is InChI=1S/C18H24N4O3/c1-25-15-5-6-16-14(11-15)12-20-22(16)10-7-17(23)19-13-18(24)21-8-3-2-4-9-21/h5-6,11-12H,2-4,7-10,13H2,1H3,(H,19,23). The number of likely N-dealkylation sites (tertiary alicyclic amines) is 1. The molecule has 0 unspecified atom stereocenters. The minimum Gasteiger partial charge on any atom is -0.497 e. The lowest BCUT2D eigenvalue weighted by atomic mass is 10.1. The second-order valence-corrected chi connectivity index (χ2v) is 6.26. The lowest BCUT2D eigenvalue weighted by Crippen LogP contribution is -2.42. The van der Waals surface area contributed by atoms with Gasteiger partial charge in [-0.25, -0.2) is 0 Å². The number of nitrogens with zero attached hydrogens (tertiary/aromatic N) is 3. The van der Waals surface area contributed by atoms with Crippen molar-refractivity contribution in [2.75, 3.05) is 26.7 Å². The van der Waals surface area contributed by atoms with Crippen molar-refractivity contribution in [2.24, 2.45) is 0 Å². The summed E-state index contributed by atoms with van der Waals surface area (Å²) >= 11 is 0. The summed E-state index contributed by atoms with van der Waals surface area (Å²) in [6.45, 7) is 2.16. The van der Waals surface area contributed by atoms with Crippen LogP contribution in [0.1, 0.15) is 25.7 Å². The van der Waals surface area contributed by atoms with Gasteiger partial charge in [0.05, 0.1) is 31.9 Å². The van der Waals surface area contributed by atoms with Gasteiger partial charge in [-0.2, -0.15) is 5.10 Å². The fraction of sp³-hybridized carbons (Fsp3) is 0.500. The Bertz CT molecular complexity index is 750. The largest absolute Gasteiger partial charge is 0.497 e. The normalized spacial score (nSPS) is 14.5. The number of methoxy groups -OCH3 is 1. The summed E-state index contributed by atoms with van der Waals surface area (Å²) in [5.41, 5.74) is 0.956. The lowest BCUT2D eigenvalue weighted by molar-refractivity contribution is -0.133. The lowest BCUT2D eigenvalue weighted by Gasteiger charge is -2.26. The van der Waals surface area contributed by atoms with Gasteiger partial charge in [-0.1, -0.05) is 0 Å². The van der Waals surface area contributed by atoms with Crippen LogP contribution in [-0.2, 0) is 16.1 Å². The second-order valence-electron chi connectivity index (χ2n) is 6.26. The van der Waals surface area contributed by atoms with E-state index in [1.165, 1.54) is 6.42 Å². The summed E-state index contributed by atoms with van der Waals surface area (Å²) in [4.78, 5) is 25.9. The van der Waals surface area contributed by atoms with E-state index in [0.717, 1.165) is 42.6 Å². The average molecular weight is 344 g/mol. The first kappa shape index (κ1) is 17.3. The van der Waals surface area contributed by atoms with Crippen molar-refractivity contribution < 1.29 is 14.3 Å². The number of fused-ring (bicyclic) bond motifs is 1. The SMILES string of the molecule is COc1ccc2c(cnn2CCC(=O)NCC(=O)N2CCCCC2)c1. The molecule has 2 aromatic rings. The molecule has 2 heterocycles. The molecule has 1 fully saturated rings. The average Bonchev–Trinajstić information content (AvgIpc) is 3.07. The summed E-state index contributed by atoms with van der Waals surface area (Å²) in [7, 11) is 1.63. The van der Waals surface area contributed by atoms with Gasteiger partial charge in [0.1, 0.15) is 5.75 Å². The number of ether oxygens (including phenoxy) is 1. The second kappa shape index (κ2) is 8.00.